The molecule has 2 amide bonds. The van der Waals surface area contributed by atoms with Crippen LogP contribution in [-0.2, 0) is 19.1 Å². The highest BCUT2D eigenvalue weighted by Gasteiger charge is 2.57. The Morgan fingerprint density at radius 1 is 1.24 bits per heavy atom. The third-order valence-corrected chi connectivity index (χ3v) is 5.62. The van der Waals surface area contributed by atoms with Gasteiger partial charge in [0.2, 0.25) is 11.8 Å². The SMILES string of the molecule is CCC[C@@H]1C=C[C@H]2[C@@H](C(=O)N(CCCO)[C@@H]2C(=O)NC(C)(C)C)[C@@H]1C(=O)OCC. The number of ether oxygens (including phenoxy) is 1. The van der Waals surface area contributed by atoms with E-state index in [9.17, 15) is 19.5 Å². The molecule has 1 saturated heterocycles. The van der Waals surface area contributed by atoms with Crippen LogP contribution in [0.25, 0.3) is 0 Å². The molecule has 1 heterocycles. The highest BCUT2D eigenvalue weighted by molar-refractivity contribution is 5.96. The molecule has 2 N–H and O–H groups in total. The van der Waals surface area contributed by atoms with Crippen LogP contribution in [0.15, 0.2) is 12.2 Å². The van der Waals surface area contributed by atoms with Gasteiger partial charge in [0.1, 0.15) is 6.04 Å². The molecule has 0 aromatic rings. The van der Waals surface area contributed by atoms with Crippen LogP contribution >= 0.6 is 0 Å². The minimum atomic E-state index is -0.686. The van der Waals surface area contributed by atoms with Gasteiger partial charge in [-0.1, -0.05) is 25.5 Å². The molecular weight excluding hydrogens is 372 g/mol. The predicted molar refractivity (Wildman–Crippen MR) is 110 cm³/mol. The Kier molecular flexibility index (Phi) is 7.86. The Morgan fingerprint density at radius 3 is 2.48 bits per heavy atom. The number of nitrogens with one attached hydrogen (secondary N) is 1. The van der Waals surface area contributed by atoms with E-state index in [2.05, 4.69) is 5.32 Å². The third-order valence-electron chi connectivity index (χ3n) is 5.62. The second-order valence-corrected chi connectivity index (χ2v) is 9.01. The van der Waals surface area contributed by atoms with Crippen molar-refractivity contribution in [2.75, 3.05) is 19.8 Å². The molecular formula is C22H36N2O5. The first kappa shape index (κ1) is 23.4. The molecule has 1 aliphatic heterocycles. The maximum Gasteiger partial charge on any atom is 0.310 e. The van der Waals surface area contributed by atoms with Gasteiger partial charge in [-0.2, -0.15) is 0 Å². The zero-order valence-corrected chi connectivity index (χ0v) is 18.3. The second-order valence-electron chi connectivity index (χ2n) is 9.01. The zero-order valence-electron chi connectivity index (χ0n) is 18.3. The number of nitrogens with zero attached hydrogens (tertiary/aromatic N) is 1. The number of rotatable bonds is 8. The molecule has 0 spiro atoms. The van der Waals surface area contributed by atoms with Crippen LogP contribution < -0.4 is 5.32 Å². The van der Waals surface area contributed by atoms with Gasteiger partial charge in [0.25, 0.3) is 0 Å². The van der Waals surface area contributed by atoms with Gasteiger partial charge in [-0.05, 0) is 46.5 Å². The fourth-order valence-electron chi connectivity index (χ4n) is 4.59. The molecule has 2 rings (SSSR count). The van der Waals surface area contributed by atoms with E-state index in [0.717, 1.165) is 12.8 Å². The Morgan fingerprint density at radius 2 is 1.93 bits per heavy atom. The van der Waals surface area contributed by atoms with Gasteiger partial charge < -0.3 is 20.1 Å². The number of hydrogen-bond acceptors (Lipinski definition) is 5. The second kappa shape index (κ2) is 9.74. The minimum Gasteiger partial charge on any atom is -0.466 e. The standard InChI is InChI=1S/C22H36N2O5/c1-6-9-14-10-11-15-17(16(14)21(28)29-7-2)20(27)24(12-8-13-25)18(15)19(26)23-22(3,4)5/h10-11,14-18,25H,6-9,12-13H2,1-5H3,(H,23,26)/t14-,15+,16-,17-,18+/m1/s1. The van der Waals surface area contributed by atoms with Crippen molar-refractivity contribution in [3.8, 4) is 0 Å². The number of carbonyl (C=O) groups is 3. The lowest BCUT2D eigenvalue weighted by atomic mass is 9.68. The average Bonchev–Trinajstić information content (AvgIpc) is 2.91. The first-order valence-corrected chi connectivity index (χ1v) is 10.7. The zero-order chi connectivity index (χ0) is 21.8. The van der Waals surface area contributed by atoms with Crippen molar-refractivity contribution >= 4 is 17.8 Å². The molecule has 2 aliphatic rings. The molecule has 5 atom stereocenters. The molecule has 7 nitrogen and oxygen atoms in total. The molecule has 7 heteroatoms. The van der Waals surface area contributed by atoms with Crippen LogP contribution in [0.4, 0.5) is 0 Å². The summed E-state index contributed by atoms with van der Waals surface area (Å²) in [7, 11) is 0. The van der Waals surface area contributed by atoms with Crippen LogP contribution in [0, 0.1) is 23.7 Å². The predicted octanol–water partition coefficient (Wildman–Crippen LogP) is 1.89. The van der Waals surface area contributed by atoms with Gasteiger partial charge in [0.15, 0.2) is 0 Å². The summed E-state index contributed by atoms with van der Waals surface area (Å²) < 4.78 is 5.32. The van der Waals surface area contributed by atoms with E-state index >= 15 is 0 Å². The number of aliphatic hydroxyl groups is 1. The van der Waals surface area contributed by atoms with E-state index in [1.165, 1.54) is 0 Å². The summed E-state index contributed by atoms with van der Waals surface area (Å²) in [5.74, 6) is -2.43. The van der Waals surface area contributed by atoms with Gasteiger partial charge in [0.05, 0.1) is 18.4 Å². The number of aliphatic hydroxyl groups excluding tert-OH is 1. The summed E-state index contributed by atoms with van der Waals surface area (Å²) in [5, 5.41) is 12.3. The van der Waals surface area contributed by atoms with Crippen molar-refractivity contribution in [2.45, 2.75) is 65.5 Å². The van der Waals surface area contributed by atoms with E-state index < -0.39 is 23.4 Å². The lowest BCUT2D eigenvalue weighted by Gasteiger charge is -2.34. The van der Waals surface area contributed by atoms with Crippen LogP contribution in [0.1, 0.15) is 53.9 Å². The highest BCUT2D eigenvalue weighted by Crippen LogP contribution is 2.45. The van der Waals surface area contributed by atoms with E-state index in [0.29, 0.717) is 6.42 Å². The first-order chi connectivity index (χ1) is 13.7. The van der Waals surface area contributed by atoms with Crippen LogP contribution in [0.3, 0.4) is 0 Å². The van der Waals surface area contributed by atoms with E-state index in [4.69, 9.17) is 4.74 Å². The van der Waals surface area contributed by atoms with Crippen molar-refractivity contribution < 1.29 is 24.2 Å². The molecule has 1 fully saturated rings. The average molecular weight is 409 g/mol. The highest BCUT2D eigenvalue weighted by atomic mass is 16.5. The van der Waals surface area contributed by atoms with Gasteiger partial charge in [0, 0.05) is 24.6 Å². The summed E-state index contributed by atoms with van der Waals surface area (Å²) >= 11 is 0. The molecule has 0 aromatic heterocycles. The Balaban J connectivity index is 2.44. The quantitative estimate of drug-likeness (QED) is 0.472. The summed E-state index contributed by atoms with van der Waals surface area (Å²) in [6, 6.07) is -0.686. The van der Waals surface area contributed by atoms with Crippen molar-refractivity contribution in [3.63, 3.8) is 0 Å². The van der Waals surface area contributed by atoms with E-state index in [1.54, 1.807) is 11.8 Å². The number of esters is 1. The molecule has 0 unspecified atom stereocenters. The Hall–Kier alpha value is -1.89. The molecule has 29 heavy (non-hydrogen) atoms. The van der Waals surface area contributed by atoms with Crippen molar-refractivity contribution in [1.29, 1.82) is 0 Å². The lowest BCUT2D eigenvalue weighted by Crippen LogP contribution is -2.52. The lowest BCUT2D eigenvalue weighted by molar-refractivity contribution is -0.155. The first-order valence-electron chi connectivity index (χ1n) is 10.7. The normalized spacial score (nSPS) is 29.0. The number of hydrogen-bond donors (Lipinski definition) is 2. The maximum absolute atomic E-state index is 13.4. The van der Waals surface area contributed by atoms with Crippen LogP contribution in [0.2, 0.25) is 0 Å². The van der Waals surface area contributed by atoms with Crippen LogP contribution in [-0.4, -0.2) is 59.1 Å². The molecule has 0 aromatic carbocycles. The fourth-order valence-corrected chi connectivity index (χ4v) is 4.59. The van der Waals surface area contributed by atoms with Crippen LogP contribution in [0.5, 0.6) is 0 Å². The molecule has 1 aliphatic carbocycles. The van der Waals surface area contributed by atoms with E-state index in [1.807, 2.05) is 39.8 Å². The van der Waals surface area contributed by atoms with Crippen molar-refractivity contribution in [3.05, 3.63) is 12.2 Å². The number of allylic oxidation sites excluding steroid dienone is 1. The Bertz CT molecular complexity index is 640. The Labute approximate surface area is 173 Å². The van der Waals surface area contributed by atoms with Gasteiger partial charge in [-0.3, -0.25) is 14.4 Å². The summed E-state index contributed by atoms with van der Waals surface area (Å²) in [5.41, 5.74) is -0.440. The van der Waals surface area contributed by atoms with Gasteiger partial charge in [-0.25, -0.2) is 0 Å². The number of likely N-dealkylation sites (tertiary alicyclic amines) is 1. The largest absolute Gasteiger partial charge is 0.466 e. The third kappa shape index (κ3) is 5.18. The number of carbonyl (C=O) groups excluding carboxylic acids is 3. The topological polar surface area (TPSA) is 95.9 Å². The van der Waals surface area contributed by atoms with Gasteiger partial charge in [-0.15, -0.1) is 0 Å². The summed E-state index contributed by atoms with van der Waals surface area (Å²) in [6.07, 6.45) is 6.00. The minimum absolute atomic E-state index is 0.0671. The number of amides is 2. The summed E-state index contributed by atoms with van der Waals surface area (Å²) in [6.45, 7) is 9.96. The van der Waals surface area contributed by atoms with Gasteiger partial charge >= 0.3 is 5.97 Å². The smallest absolute Gasteiger partial charge is 0.310 e. The van der Waals surface area contributed by atoms with E-state index in [-0.39, 0.29) is 49.4 Å². The summed E-state index contributed by atoms with van der Waals surface area (Å²) in [4.78, 5) is 40.9. The molecule has 0 bridgehead atoms. The number of fused-ring (bicyclic) bond motifs is 1. The maximum atomic E-state index is 13.4. The van der Waals surface area contributed by atoms with Crippen molar-refractivity contribution in [2.24, 2.45) is 23.7 Å². The molecule has 0 saturated carbocycles. The monoisotopic (exact) mass is 408 g/mol. The van der Waals surface area contributed by atoms with Crippen molar-refractivity contribution in [1.82, 2.24) is 10.2 Å². The molecule has 164 valence electrons. The fraction of sp³-hybridized carbons (Fsp3) is 0.773. The molecule has 0 radical (unpaired) electrons.